The molecule has 0 saturated carbocycles. The fraction of sp³-hybridized carbons (Fsp3) is 0.455. The molecule has 0 bridgehead atoms. The number of carbonyl (C=O) groups is 1. The van der Waals surface area contributed by atoms with Gasteiger partial charge in [-0.05, 0) is 26.8 Å². The van der Waals surface area contributed by atoms with Crippen LogP contribution in [0.5, 0.6) is 5.88 Å². The number of carbonyl (C=O) groups excluding carboxylic acids is 1. The molecule has 0 aliphatic carbocycles. The van der Waals surface area contributed by atoms with E-state index in [-0.39, 0.29) is 5.91 Å². The van der Waals surface area contributed by atoms with Crippen LogP contribution in [-0.4, -0.2) is 21.8 Å². The molecule has 0 atom stereocenters. The van der Waals surface area contributed by atoms with Crippen LogP contribution in [0.2, 0.25) is 0 Å². The fourth-order valence-electron chi connectivity index (χ4n) is 0.967. The molecule has 1 aromatic heterocycles. The molecule has 0 aromatic carbocycles. The predicted octanol–water partition coefficient (Wildman–Crippen LogP) is 2.59. The van der Waals surface area contributed by atoms with E-state index in [1.165, 1.54) is 0 Å². The Hall–Kier alpha value is -1.10. The number of amides is 1. The minimum absolute atomic E-state index is 0.113. The van der Waals surface area contributed by atoms with Gasteiger partial charge in [-0.15, -0.1) is 0 Å². The van der Waals surface area contributed by atoms with E-state index in [1.54, 1.807) is 32.2 Å². The van der Waals surface area contributed by atoms with Gasteiger partial charge in [0.25, 0.3) is 0 Å². The SMILES string of the molecule is CCOc1ccc(NC(=O)C(C)(C)Br)cn1. The predicted molar refractivity (Wildman–Crippen MR) is 67.0 cm³/mol. The molecule has 0 radical (unpaired) electrons. The van der Waals surface area contributed by atoms with Crippen LogP contribution in [0.4, 0.5) is 5.69 Å². The first-order valence-electron chi connectivity index (χ1n) is 5.02. The third kappa shape index (κ3) is 3.81. The van der Waals surface area contributed by atoms with Crippen LogP contribution in [0.1, 0.15) is 20.8 Å². The number of anilines is 1. The Morgan fingerprint density at radius 3 is 2.69 bits per heavy atom. The van der Waals surface area contributed by atoms with E-state index in [9.17, 15) is 4.79 Å². The Morgan fingerprint density at radius 1 is 1.56 bits per heavy atom. The van der Waals surface area contributed by atoms with Crippen molar-refractivity contribution in [3.63, 3.8) is 0 Å². The van der Waals surface area contributed by atoms with E-state index in [4.69, 9.17) is 4.74 Å². The topological polar surface area (TPSA) is 51.2 Å². The molecule has 0 unspecified atom stereocenters. The normalized spacial score (nSPS) is 11.0. The molecule has 5 heteroatoms. The van der Waals surface area contributed by atoms with Gasteiger partial charge in [0.05, 0.1) is 22.8 Å². The van der Waals surface area contributed by atoms with Crippen LogP contribution in [-0.2, 0) is 4.79 Å². The second-order valence-electron chi connectivity index (χ2n) is 3.74. The van der Waals surface area contributed by atoms with Gasteiger partial charge in [0.1, 0.15) is 0 Å². The van der Waals surface area contributed by atoms with E-state index in [0.717, 1.165) is 0 Å². The lowest BCUT2D eigenvalue weighted by Crippen LogP contribution is -2.30. The number of nitrogens with one attached hydrogen (secondary N) is 1. The molecule has 0 aliphatic rings. The average molecular weight is 287 g/mol. The fourth-order valence-corrected chi connectivity index (χ4v) is 1.07. The molecule has 88 valence electrons. The largest absolute Gasteiger partial charge is 0.478 e. The van der Waals surface area contributed by atoms with Gasteiger partial charge in [0.15, 0.2) is 0 Å². The third-order valence-electron chi connectivity index (χ3n) is 1.83. The highest BCUT2D eigenvalue weighted by atomic mass is 79.9. The Bertz CT molecular complexity index is 357. The van der Waals surface area contributed by atoms with Crippen LogP contribution in [0.25, 0.3) is 0 Å². The zero-order chi connectivity index (χ0) is 12.2. The number of ether oxygens (including phenoxy) is 1. The summed E-state index contributed by atoms with van der Waals surface area (Å²) in [6.45, 7) is 6.03. The van der Waals surface area contributed by atoms with Crippen LogP contribution < -0.4 is 10.1 Å². The van der Waals surface area contributed by atoms with Gasteiger partial charge in [-0.2, -0.15) is 0 Å². The maximum absolute atomic E-state index is 11.6. The molecule has 0 spiro atoms. The monoisotopic (exact) mass is 286 g/mol. The number of rotatable bonds is 4. The molecule has 4 nitrogen and oxygen atoms in total. The molecule has 0 saturated heterocycles. The van der Waals surface area contributed by atoms with Crippen LogP contribution in [0.15, 0.2) is 18.3 Å². The van der Waals surface area contributed by atoms with Crippen molar-refractivity contribution in [3.8, 4) is 5.88 Å². The number of halogens is 1. The van der Waals surface area contributed by atoms with E-state index in [2.05, 4.69) is 26.2 Å². The highest BCUT2D eigenvalue weighted by Crippen LogP contribution is 2.19. The number of alkyl halides is 1. The van der Waals surface area contributed by atoms with Crippen molar-refractivity contribution in [1.29, 1.82) is 0 Å². The van der Waals surface area contributed by atoms with E-state index in [0.29, 0.717) is 18.2 Å². The summed E-state index contributed by atoms with van der Waals surface area (Å²) < 4.78 is 4.61. The van der Waals surface area contributed by atoms with Gasteiger partial charge < -0.3 is 10.1 Å². The van der Waals surface area contributed by atoms with Crippen molar-refractivity contribution in [2.24, 2.45) is 0 Å². The highest BCUT2D eigenvalue weighted by molar-refractivity contribution is 9.10. The molecule has 1 amide bonds. The summed E-state index contributed by atoms with van der Waals surface area (Å²) in [5.74, 6) is 0.442. The Morgan fingerprint density at radius 2 is 2.25 bits per heavy atom. The first kappa shape index (κ1) is 13.0. The van der Waals surface area contributed by atoms with Crippen molar-refractivity contribution in [1.82, 2.24) is 4.98 Å². The van der Waals surface area contributed by atoms with Crippen LogP contribution in [0.3, 0.4) is 0 Å². The Labute approximate surface area is 104 Å². The second kappa shape index (κ2) is 5.30. The molecule has 16 heavy (non-hydrogen) atoms. The summed E-state index contributed by atoms with van der Waals surface area (Å²) in [5, 5.41) is 2.75. The molecule has 0 fully saturated rings. The summed E-state index contributed by atoms with van der Waals surface area (Å²) in [4.78, 5) is 15.7. The summed E-state index contributed by atoms with van der Waals surface area (Å²) in [6.07, 6.45) is 1.57. The molecule has 1 rings (SSSR count). The molecular weight excluding hydrogens is 272 g/mol. The maximum Gasteiger partial charge on any atom is 0.240 e. The first-order valence-corrected chi connectivity index (χ1v) is 5.82. The zero-order valence-corrected chi connectivity index (χ0v) is 11.2. The number of hydrogen-bond acceptors (Lipinski definition) is 3. The smallest absolute Gasteiger partial charge is 0.240 e. The van der Waals surface area contributed by atoms with Crippen LogP contribution >= 0.6 is 15.9 Å². The third-order valence-corrected chi connectivity index (χ3v) is 2.19. The number of aromatic nitrogens is 1. The van der Waals surface area contributed by atoms with Gasteiger partial charge in [-0.1, -0.05) is 15.9 Å². The van der Waals surface area contributed by atoms with Crippen molar-refractivity contribution in [2.75, 3.05) is 11.9 Å². The van der Waals surface area contributed by atoms with E-state index >= 15 is 0 Å². The summed E-state index contributed by atoms with van der Waals surface area (Å²) in [7, 11) is 0. The minimum atomic E-state index is -0.592. The van der Waals surface area contributed by atoms with Gasteiger partial charge in [0, 0.05) is 6.07 Å². The quantitative estimate of drug-likeness (QED) is 0.866. The summed E-state index contributed by atoms with van der Waals surface area (Å²) in [5.41, 5.74) is 0.654. The van der Waals surface area contributed by atoms with Crippen molar-refractivity contribution < 1.29 is 9.53 Å². The highest BCUT2D eigenvalue weighted by Gasteiger charge is 2.23. The van der Waals surface area contributed by atoms with Crippen molar-refractivity contribution >= 4 is 27.5 Å². The summed E-state index contributed by atoms with van der Waals surface area (Å²) in [6, 6.07) is 3.48. The van der Waals surface area contributed by atoms with Crippen molar-refractivity contribution in [2.45, 2.75) is 25.1 Å². The van der Waals surface area contributed by atoms with Gasteiger partial charge >= 0.3 is 0 Å². The Kier molecular flexibility index (Phi) is 4.29. The maximum atomic E-state index is 11.6. The number of pyridine rings is 1. The molecule has 1 heterocycles. The molecule has 0 aliphatic heterocycles. The lowest BCUT2D eigenvalue weighted by Gasteiger charge is -2.15. The number of hydrogen-bond donors (Lipinski definition) is 1. The van der Waals surface area contributed by atoms with E-state index < -0.39 is 4.32 Å². The van der Waals surface area contributed by atoms with Crippen LogP contribution in [0, 0.1) is 0 Å². The lowest BCUT2D eigenvalue weighted by atomic mass is 10.2. The Balaban J connectivity index is 2.65. The van der Waals surface area contributed by atoms with Crippen molar-refractivity contribution in [3.05, 3.63) is 18.3 Å². The number of nitrogens with zero attached hydrogens (tertiary/aromatic N) is 1. The average Bonchev–Trinajstić information content (AvgIpc) is 2.20. The standard InChI is InChI=1S/C11H15BrN2O2/c1-4-16-9-6-5-8(7-13-9)14-10(15)11(2,3)12/h5-7H,4H2,1-3H3,(H,14,15). The molecule has 1 aromatic rings. The van der Waals surface area contributed by atoms with E-state index in [1.807, 2.05) is 6.92 Å². The molecule has 1 N–H and O–H groups in total. The van der Waals surface area contributed by atoms with Gasteiger partial charge in [-0.25, -0.2) is 4.98 Å². The zero-order valence-electron chi connectivity index (χ0n) is 9.58. The second-order valence-corrected chi connectivity index (χ2v) is 5.73. The lowest BCUT2D eigenvalue weighted by molar-refractivity contribution is -0.117. The first-order chi connectivity index (χ1) is 7.43. The minimum Gasteiger partial charge on any atom is -0.478 e. The van der Waals surface area contributed by atoms with Gasteiger partial charge in [0.2, 0.25) is 11.8 Å². The summed E-state index contributed by atoms with van der Waals surface area (Å²) >= 11 is 3.28. The van der Waals surface area contributed by atoms with Gasteiger partial charge in [-0.3, -0.25) is 4.79 Å². The molecular formula is C11H15BrN2O2.